The number of carbonyl (C=O) groups is 3. The third-order valence-electron chi connectivity index (χ3n) is 7.07. The molecule has 4 atom stereocenters. The van der Waals surface area contributed by atoms with Crippen molar-refractivity contribution in [3.05, 3.63) is 58.1 Å². The molecule has 6 nitrogen and oxygen atoms in total. The topological polar surface area (TPSA) is 69.7 Å². The molecule has 0 bridgehead atoms. The number of para-hydroxylation sites is 2. The molecule has 3 saturated heterocycles. The number of imide groups is 1. The van der Waals surface area contributed by atoms with Crippen LogP contribution in [0.3, 0.4) is 0 Å². The molecule has 6 rings (SSSR count). The molecule has 0 aliphatic carbocycles. The Balaban J connectivity index is 1.59. The van der Waals surface area contributed by atoms with Crippen molar-refractivity contribution in [1.29, 1.82) is 0 Å². The van der Waals surface area contributed by atoms with Gasteiger partial charge in [0.25, 0.3) is 5.91 Å². The van der Waals surface area contributed by atoms with Crippen molar-refractivity contribution in [3.63, 3.8) is 0 Å². The van der Waals surface area contributed by atoms with Crippen LogP contribution in [0, 0.1) is 11.8 Å². The predicted molar refractivity (Wildman–Crippen MR) is 112 cm³/mol. The molecule has 0 radical (unpaired) electrons. The first-order chi connectivity index (χ1) is 14.5. The van der Waals surface area contributed by atoms with Crippen LogP contribution in [-0.2, 0) is 19.9 Å². The van der Waals surface area contributed by atoms with E-state index < -0.39 is 17.4 Å². The first kappa shape index (κ1) is 18.4. The lowest BCUT2D eigenvalue weighted by Crippen LogP contribution is -2.54. The monoisotopic (exact) mass is 441 g/mol. The molecule has 4 heterocycles. The SMILES string of the molecule is O=C1[C@@H]2[C@@H]3CCCN3[C@@]3(C(=O)Nc4c(Cl)cccc43)[C@H]2C(=O)N1c1ccccc1Cl. The van der Waals surface area contributed by atoms with Crippen LogP contribution in [0.25, 0.3) is 0 Å². The van der Waals surface area contributed by atoms with Crippen molar-refractivity contribution in [2.75, 3.05) is 16.8 Å². The van der Waals surface area contributed by atoms with E-state index in [1.165, 1.54) is 4.90 Å². The van der Waals surface area contributed by atoms with Crippen LogP contribution in [0.5, 0.6) is 0 Å². The molecule has 1 N–H and O–H groups in total. The molecule has 0 aromatic heterocycles. The summed E-state index contributed by atoms with van der Waals surface area (Å²) in [5, 5.41) is 3.66. The van der Waals surface area contributed by atoms with Gasteiger partial charge in [0.05, 0.1) is 33.3 Å². The molecule has 2 aromatic carbocycles. The van der Waals surface area contributed by atoms with Gasteiger partial charge in [0.1, 0.15) is 5.54 Å². The van der Waals surface area contributed by atoms with Gasteiger partial charge in [-0.15, -0.1) is 0 Å². The second-order valence-electron chi connectivity index (χ2n) is 8.25. The van der Waals surface area contributed by atoms with E-state index in [1.807, 2.05) is 6.07 Å². The van der Waals surface area contributed by atoms with Gasteiger partial charge in [0.15, 0.2) is 0 Å². The Labute approximate surface area is 182 Å². The van der Waals surface area contributed by atoms with Gasteiger partial charge < -0.3 is 5.32 Å². The summed E-state index contributed by atoms with van der Waals surface area (Å²) in [6, 6.07) is 12.0. The van der Waals surface area contributed by atoms with Crippen LogP contribution in [0.4, 0.5) is 11.4 Å². The third kappa shape index (κ3) is 1.97. The van der Waals surface area contributed by atoms with E-state index in [0.717, 1.165) is 12.8 Å². The minimum atomic E-state index is -1.23. The van der Waals surface area contributed by atoms with Gasteiger partial charge in [-0.1, -0.05) is 47.5 Å². The maximum Gasteiger partial charge on any atom is 0.250 e. The molecule has 4 aliphatic rings. The summed E-state index contributed by atoms with van der Waals surface area (Å²) in [4.78, 5) is 44.2. The lowest BCUT2D eigenvalue weighted by atomic mass is 9.75. The van der Waals surface area contributed by atoms with Gasteiger partial charge in [0, 0.05) is 11.6 Å². The molecule has 0 saturated carbocycles. The van der Waals surface area contributed by atoms with Gasteiger partial charge in [-0.3, -0.25) is 19.3 Å². The number of halogens is 2. The van der Waals surface area contributed by atoms with Gasteiger partial charge in [0.2, 0.25) is 11.8 Å². The number of anilines is 2. The van der Waals surface area contributed by atoms with E-state index in [-0.39, 0.29) is 23.8 Å². The summed E-state index contributed by atoms with van der Waals surface area (Å²) in [6.45, 7) is 0.656. The van der Waals surface area contributed by atoms with Crippen molar-refractivity contribution in [2.24, 2.45) is 11.8 Å². The number of hydrogen-bond donors (Lipinski definition) is 1. The smallest absolute Gasteiger partial charge is 0.250 e. The fourth-order valence-corrected chi connectivity index (χ4v) is 6.51. The molecule has 0 unspecified atom stereocenters. The Morgan fingerprint density at radius 3 is 2.53 bits per heavy atom. The number of hydrogen-bond acceptors (Lipinski definition) is 4. The highest BCUT2D eigenvalue weighted by atomic mass is 35.5. The molecule has 152 valence electrons. The van der Waals surface area contributed by atoms with Crippen LogP contribution in [0.15, 0.2) is 42.5 Å². The fraction of sp³-hybridized carbons (Fsp3) is 0.318. The maximum atomic E-state index is 13.8. The summed E-state index contributed by atoms with van der Waals surface area (Å²) in [5.41, 5.74) is 0.357. The second kappa shape index (κ2) is 6.06. The number of carbonyl (C=O) groups excluding carboxylic acids is 3. The van der Waals surface area contributed by atoms with Crippen molar-refractivity contribution in [2.45, 2.75) is 24.4 Å². The second-order valence-corrected chi connectivity index (χ2v) is 9.07. The predicted octanol–water partition coefficient (Wildman–Crippen LogP) is 3.42. The van der Waals surface area contributed by atoms with Crippen molar-refractivity contribution >= 4 is 52.3 Å². The average Bonchev–Trinajstić information content (AvgIpc) is 3.42. The molecule has 2 aromatic rings. The lowest BCUT2D eigenvalue weighted by molar-refractivity contribution is -0.135. The number of rotatable bonds is 1. The zero-order valence-electron chi connectivity index (χ0n) is 15.8. The van der Waals surface area contributed by atoms with Gasteiger partial charge in [-0.05, 0) is 37.6 Å². The minimum Gasteiger partial charge on any atom is -0.323 e. The quantitative estimate of drug-likeness (QED) is 0.688. The highest BCUT2D eigenvalue weighted by Gasteiger charge is 2.74. The zero-order chi connectivity index (χ0) is 20.8. The molecule has 4 aliphatic heterocycles. The van der Waals surface area contributed by atoms with Crippen molar-refractivity contribution in [1.82, 2.24) is 4.90 Å². The summed E-state index contributed by atoms with van der Waals surface area (Å²) in [7, 11) is 0. The highest BCUT2D eigenvalue weighted by Crippen LogP contribution is 2.61. The first-order valence-electron chi connectivity index (χ1n) is 9.97. The van der Waals surface area contributed by atoms with Crippen LogP contribution >= 0.6 is 23.2 Å². The fourth-order valence-electron chi connectivity index (χ4n) is 6.06. The number of amides is 3. The molecule has 1 spiro atoms. The van der Waals surface area contributed by atoms with Gasteiger partial charge in [-0.2, -0.15) is 0 Å². The Morgan fingerprint density at radius 2 is 1.73 bits per heavy atom. The van der Waals surface area contributed by atoms with Crippen molar-refractivity contribution in [3.8, 4) is 0 Å². The summed E-state index contributed by atoms with van der Waals surface area (Å²) >= 11 is 12.7. The Bertz CT molecular complexity index is 1150. The van der Waals surface area contributed by atoms with E-state index in [0.29, 0.717) is 33.5 Å². The van der Waals surface area contributed by atoms with Gasteiger partial charge >= 0.3 is 0 Å². The van der Waals surface area contributed by atoms with E-state index >= 15 is 0 Å². The number of nitrogens with zero attached hydrogens (tertiary/aromatic N) is 2. The van der Waals surface area contributed by atoms with Crippen LogP contribution in [0.1, 0.15) is 18.4 Å². The normalized spacial score (nSPS) is 32.0. The van der Waals surface area contributed by atoms with Crippen LogP contribution < -0.4 is 10.2 Å². The Morgan fingerprint density at radius 1 is 0.967 bits per heavy atom. The molecular formula is C22H17Cl2N3O3. The largest absolute Gasteiger partial charge is 0.323 e. The van der Waals surface area contributed by atoms with Crippen LogP contribution in [-0.4, -0.2) is 35.2 Å². The standard InChI is InChI=1S/C22H17Cl2N3O3/c23-12-6-1-2-8-14(12)27-19(28)16-15-9-4-10-26(15)22(17(16)20(27)29)11-5-3-7-13(24)18(11)25-21(22)30/h1-3,5-8,15-17H,4,9-10H2,(H,25,30)/t15-,16+,17+,22+/m0/s1. The number of nitrogens with one attached hydrogen (secondary N) is 1. The summed E-state index contributed by atoms with van der Waals surface area (Å²) < 4.78 is 0. The molecular weight excluding hydrogens is 425 g/mol. The average molecular weight is 442 g/mol. The lowest BCUT2D eigenvalue weighted by Gasteiger charge is -2.36. The summed E-state index contributed by atoms with van der Waals surface area (Å²) in [5.74, 6) is -2.35. The van der Waals surface area contributed by atoms with Gasteiger partial charge in [-0.25, -0.2) is 4.90 Å². The molecule has 30 heavy (non-hydrogen) atoms. The number of benzene rings is 2. The highest BCUT2D eigenvalue weighted by molar-refractivity contribution is 6.37. The van der Waals surface area contributed by atoms with Crippen LogP contribution in [0.2, 0.25) is 10.0 Å². The van der Waals surface area contributed by atoms with Crippen molar-refractivity contribution < 1.29 is 14.4 Å². The summed E-state index contributed by atoms with van der Waals surface area (Å²) in [6.07, 6.45) is 1.63. The minimum absolute atomic E-state index is 0.172. The van der Waals surface area contributed by atoms with E-state index in [9.17, 15) is 14.4 Å². The third-order valence-corrected chi connectivity index (χ3v) is 7.70. The first-order valence-corrected chi connectivity index (χ1v) is 10.7. The Hall–Kier alpha value is -2.41. The zero-order valence-corrected chi connectivity index (χ0v) is 17.3. The van der Waals surface area contributed by atoms with E-state index in [2.05, 4.69) is 10.2 Å². The molecule has 3 fully saturated rings. The Kier molecular flexibility index (Phi) is 3.71. The molecule has 8 heteroatoms. The maximum absolute atomic E-state index is 13.8. The molecule has 3 amide bonds. The van der Waals surface area contributed by atoms with E-state index in [1.54, 1.807) is 36.4 Å². The van der Waals surface area contributed by atoms with E-state index in [4.69, 9.17) is 23.2 Å². The number of fused-ring (bicyclic) bond motifs is 7.